The van der Waals surface area contributed by atoms with E-state index in [9.17, 15) is 4.79 Å². The van der Waals surface area contributed by atoms with Crippen LogP contribution in [0.15, 0.2) is 60.8 Å². The average Bonchev–Trinajstić information content (AvgIpc) is 3.21. The van der Waals surface area contributed by atoms with Crippen molar-refractivity contribution >= 4 is 18.0 Å². The Bertz CT molecular complexity index is 993. The standard InChI is InChI=1S/C22H22N4O2/c1-26-21(23)15(13-25-26)7-6-12-24-22(27)28-14-20-18-10-4-2-8-16(18)17-9-3-5-11-19(17)20/h2-11,13,20H,12,14,23H2,1H3,(H,24,27). The van der Waals surface area contributed by atoms with Gasteiger partial charge >= 0.3 is 6.09 Å². The number of alkyl carbamates (subject to hydrolysis) is 1. The van der Waals surface area contributed by atoms with Crippen molar-refractivity contribution in [3.05, 3.63) is 77.5 Å². The molecule has 1 amide bonds. The number of nitrogens with one attached hydrogen (secondary N) is 1. The molecule has 6 nitrogen and oxygen atoms in total. The predicted octanol–water partition coefficient (Wildman–Crippen LogP) is 3.55. The topological polar surface area (TPSA) is 82.2 Å². The van der Waals surface area contributed by atoms with Crippen molar-refractivity contribution < 1.29 is 9.53 Å². The van der Waals surface area contributed by atoms with Crippen molar-refractivity contribution in [3.63, 3.8) is 0 Å². The molecule has 1 aliphatic carbocycles. The second-order valence-electron chi connectivity index (χ2n) is 6.72. The predicted molar refractivity (Wildman–Crippen MR) is 110 cm³/mol. The lowest BCUT2D eigenvalue weighted by Gasteiger charge is -2.14. The smallest absolute Gasteiger partial charge is 0.407 e. The summed E-state index contributed by atoms with van der Waals surface area (Å²) in [6.07, 6.45) is 4.88. The quantitative estimate of drug-likeness (QED) is 0.715. The summed E-state index contributed by atoms with van der Waals surface area (Å²) in [6.45, 7) is 0.657. The summed E-state index contributed by atoms with van der Waals surface area (Å²) in [4.78, 5) is 12.1. The van der Waals surface area contributed by atoms with Gasteiger partial charge in [-0.05, 0) is 22.3 Å². The van der Waals surface area contributed by atoms with E-state index < -0.39 is 6.09 Å². The van der Waals surface area contributed by atoms with Crippen molar-refractivity contribution in [2.75, 3.05) is 18.9 Å². The third kappa shape index (κ3) is 3.36. The molecule has 1 heterocycles. The Labute approximate surface area is 163 Å². The van der Waals surface area contributed by atoms with Crippen LogP contribution >= 0.6 is 0 Å². The molecule has 0 unspecified atom stereocenters. The van der Waals surface area contributed by atoms with Crippen LogP contribution in [-0.4, -0.2) is 29.0 Å². The number of carbonyl (C=O) groups is 1. The van der Waals surface area contributed by atoms with Crippen molar-refractivity contribution in [3.8, 4) is 11.1 Å². The van der Waals surface area contributed by atoms with Gasteiger partial charge in [0.1, 0.15) is 12.4 Å². The van der Waals surface area contributed by atoms with Crippen molar-refractivity contribution in [1.82, 2.24) is 15.1 Å². The third-order valence-electron chi connectivity index (χ3n) is 5.02. The van der Waals surface area contributed by atoms with Gasteiger partial charge in [-0.2, -0.15) is 5.10 Å². The summed E-state index contributed by atoms with van der Waals surface area (Å²) in [6, 6.07) is 16.5. The minimum absolute atomic E-state index is 0.0592. The first kappa shape index (κ1) is 17.9. The molecule has 0 aliphatic heterocycles. The number of hydrogen-bond donors (Lipinski definition) is 2. The van der Waals surface area contributed by atoms with Gasteiger partial charge in [-0.3, -0.25) is 4.68 Å². The second-order valence-corrected chi connectivity index (χ2v) is 6.72. The van der Waals surface area contributed by atoms with Gasteiger partial charge < -0.3 is 15.8 Å². The fraction of sp³-hybridized carbons (Fsp3) is 0.182. The van der Waals surface area contributed by atoms with Crippen LogP contribution in [0, 0.1) is 0 Å². The van der Waals surface area contributed by atoms with Gasteiger partial charge in [0, 0.05) is 25.1 Å². The fourth-order valence-electron chi connectivity index (χ4n) is 3.57. The van der Waals surface area contributed by atoms with Crippen LogP contribution in [0.3, 0.4) is 0 Å². The van der Waals surface area contributed by atoms with Gasteiger partial charge in [0.15, 0.2) is 0 Å². The van der Waals surface area contributed by atoms with Gasteiger partial charge in [0.05, 0.1) is 6.20 Å². The van der Waals surface area contributed by atoms with Crippen LogP contribution in [0.5, 0.6) is 0 Å². The molecule has 6 heteroatoms. The van der Waals surface area contributed by atoms with E-state index in [1.54, 1.807) is 17.9 Å². The molecule has 4 rings (SSSR count). The molecular weight excluding hydrogens is 352 g/mol. The van der Waals surface area contributed by atoms with Crippen LogP contribution in [0.4, 0.5) is 10.6 Å². The molecule has 1 aliphatic rings. The summed E-state index contributed by atoms with van der Waals surface area (Å²) >= 11 is 0. The number of fused-ring (bicyclic) bond motifs is 3. The van der Waals surface area contributed by atoms with Gasteiger partial charge in [-0.25, -0.2) is 4.79 Å². The highest BCUT2D eigenvalue weighted by Crippen LogP contribution is 2.44. The highest BCUT2D eigenvalue weighted by molar-refractivity contribution is 5.79. The maximum absolute atomic E-state index is 12.1. The molecule has 0 bridgehead atoms. The Morgan fingerprint density at radius 3 is 2.43 bits per heavy atom. The van der Waals surface area contributed by atoms with Crippen LogP contribution in [-0.2, 0) is 11.8 Å². The number of nitrogen functional groups attached to an aromatic ring is 1. The van der Waals surface area contributed by atoms with Gasteiger partial charge in [0.2, 0.25) is 0 Å². The van der Waals surface area contributed by atoms with Crippen molar-refractivity contribution in [2.45, 2.75) is 5.92 Å². The van der Waals surface area contributed by atoms with Crippen LogP contribution in [0.1, 0.15) is 22.6 Å². The van der Waals surface area contributed by atoms with Gasteiger partial charge in [-0.15, -0.1) is 0 Å². The SMILES string of the molecule is Cn1ncc(C=CCNC(=O)OCC2c3ccccc3-c3ccccc32)c1N. The number of carbonyl (C=O) groups excluding carboxylic acids is 1. The summed E-state index contributed by atoms with van der Waals surface area (Å²) in [5, 5.41) is 6.80. The fourth-order valence-corrected chi connectivity index (χ4v) is 3.57. The molecule has 142 valence electrons. The zero-order valence-electron chi connectivity index (χ0n) is 15.6. The summed E-state index contributed by atoms with van der Waals surface area (Å²) < 4.78 is 7.09. The summed E-state index contributed by atoms with van der Waals surface area (Å²) in [5.41, 5.74) is 11.5. The Morgan fingerprint density at radius 2 is 1.82 bits per heavy atom. The number of benzene rings is 2. The third-order valence-corrected chi connectivity index (χ3v) is 5.02. The maximum atomic E-state index is 12.1. The normalized spacial score (nSPS) is 12.8. The average molecular weight is 374 g/mol. The number of amides is 1. The number of ether oxygens (including phenoxy) is 1. The number of aryl methyl sites for hydroxylation is 1. The van der Waals surface area contributed by atoms with E-state index in [0.29, 0.717) is 19.0 Å². The number of nitrogens with zero attached hydrogens (tertiary/aromatic N) is 2. The Balaban J connectivity index is 1.34. The lowest BCUT2D eigenvalue weighted by Crippen LogP contribution is -2.26. The zero-order valence-corrected chi connectivity index (χ0v) is 15.6. The van der Waals surface area contributed by atoms with E-state index in [2.05, 4.69) is 34.7 Å². The first-order chi connectivity index (χ1) is 13.6. The lowest BCUT2D eigenvalue weighted by molar-refractivity contribution is 0.144. The highest BCUT2D eigenvalue weighted by Gasteiger charge is 2.28. The van der Waals surface area contributed by atoms with E-state index in [4.69, 9.17) is 10.5 Å². The molecule has 0 saturated carbocycles. The second kappa shape index (κ2) is 7.60. The molecule has 0 spiro atoms. The number of nitrogens with two attached hydrogens (primary N) is 1. The van der Waals surface area contributed by atoms with E-state index in [1.165, 1.54) is 22.3 Å². The number of aromatic nitrogens is 2. The molecule has 3 N–H and O–H groups in total. The number of rotatable bonds is 5. The molecule has 0 radical (unpaired) electrons. The van der Waals surface area contributed by atoms with Crippen molar-refractivity contribution in [2.24, 2.45) is 7.05 Å². The Kier molecular flexibility index (Phi) is 4.85. The Morgan fingerprint density at radius 1 is 1.18 bits per heavy atom. The molecule has 3 aromatic rings. The van der Waals surface area contributed by atoms with E-state index >= 15 is 0 Å². The molecule has 28 heavy (non-hydrogen) atoms. The molecule has 0 atom stereocenters. The summed E-state index contributed by atoms with van der Waals surface area (Å²) in [5.74, 6) is 0.640. The largest absolute Gasteiger partial charge is 0.449 e. The van der Waals surface area contributed by atoms with Crippen LogP contribution in [0.25, 0.3) is 17.2 Å². The minimum Gasteiger partial charge on any atom is -0.449 e. The molecule has 0 saturated heterocycles. The van der Waals surface area contributed by atoms with Gasteiger partial charge in [-0.1, -0.05) is 60.7 Å². The first-order valence-electron chi connectivity index (χ1n) is 9.18. The maximum Gasteiger partial charge on any atom is 0.407 e. The summed E-state index contributed by atoms with van der Waals surface area (Å²) in [7, 11) is 1.78. The molecule has 0 fully saturated rings. The van der Waals surface area contributed by atoms with E-state index in [-0.39, 0.29) is 5.92 Å². The zero-order chi connectivity index (χ0) is 19.5. The van der Waals surface area contributed by atoms with Gasteiger partial charge in [0.25, 0.3) is 0 Å². The molecule has 1 aromatic heterocycles. The van der Waals surface area contributed by atoms with Crippen LogP contribution in [0.2, 0.25) is 0 Å². The van der Waals surface area contributed by atoms with E-state index in [1.807, 2.05) is 36.4 Å². The number of anilines is 1. The van der Waals surface area contributed by atoms with Crippen LogP contribution < -0.4 is 11.1 Å². The minimum atomic E-state index is -0.439. The Hall–Kier alpha value is -3.54. The number of hydrogen-bond acceptors (Lipinski definition) is 4. The van der Waals surface area contributed by atoms with Crippen molar-refractivity contribution in [1.29, 1.82) is 0 Å². The lowest BCUT2D eigenvalue weighted by atomic mass is 9.98. The monoisotopic (exact) mass is 374 g/mol. The van der Waals surface area contributed by atoms with E-state index in [0.717, 1.165) is 5.56 Å². The highest BCUT2D eigenvalue weighted by atomic mass is 16.5. The molecular formula is C22H22N4O2. The molecule has 2 aromatic carbocycles. The first-order valence-corrected chi connectivity index (χ1v) is 9.18.